The Bertz CT molecular complexity index is 3070. The molecule has 0 radical (unpaired) electrons. The van der Waals surface area contributed by atoms with Crippen molar-refractivity contribution < 1.29 is 0 Å². The van der Waals surface area contributed by atoms with Gasteiger partial charge in [0.1, 0.15) is 0 Å². The molecule has 0 aliphatic carbocycles. The highest BCUT2D eigenvalue weighted by Gasteiger charge is 2.22. The molecule has 0 aliphatic rings. The van der Waals surface area contributed by atoms with Crippen LogP contribution in [-0.4, -0.2) is 0 Å². The summed E-state index contributed by atoms with van der Waals surface area (Å²) in [4.78, 5) is 4.88. The monoisotopic (exact) mass is 824 g/mol. The van der Waals surface area contributed by atoms with Gasteiger partial charge in [0.05, 0.1) is 11.4 Å². The van der Waals surface area contributed by atoms with Crippen LogP contribution in [0.15, 0.2) is 206 Å². The highest BCUT2D eigenvalue weighted by molar-refractivity contribution is 5.91. The summed E-state index contributed by atoms with van der Waals surface area (Å²) >= 11 is 0. The Labute approximate surface area is 378 Å². The number of benzene rings is 10. The van der Waals surface area contributed by atoms with Crippen molar-refractivity contribution >= 4 is 55.7 Å². The Morgan fingerprint density at radius 2 is 0.547 bits per heavy atom. The quantitative estimate of drug-likeness (QED) is 0.143. The SMILES string of the molecule is Cc1cc(-c2ccc(N(c3ccc(-c4ccc5ccccc5c4)cc3)c3c(C)cccc3C)c(C)c2)ccc1N(c1ccc(-c2ccc3ccccc3c2)cc1)c1c(C)cccc1C. The third-order valence-electron chi connectivity index (χ3n) is 13.0. The molecule has 64 heavy (non-hydrogen) atoms. The van der Waals surface area contributed by atoms with Crippen molar-refractivity contribution in [3.8, 4) is 33.4 Å². The molecule has 0 heterocycles. The molecule has 0 aromatic heterocycles. The second-order valence-corrected chi connectivity index (χ2v) is 17.4. The van der Waals surface area contributed by atoms with Crippen molar-refractivity contribution in [2.75, 3.05) is 9.80 Å². The van der Waals surface area contributed by atoms with Crippen molar-refractivity contribution in [3.05, 3.63) is 240 Å². The van der Waals surface area contributed by atoms with Crippen LogP contribution in [0.25, 0.3) is 54.9 Å². The van der Waals surface area contributed by atoms with Crippen LogP contribution in [0.5, 0.6) is 0 Å². The zero-order chi connectivity index (χ0) is 43.9. The highest BCUT2D eigenvalue weighted by atomic mass is 15.2. The zero-order valence-electron chi connectivity index (χ0n) is 37.5. The Morgan fingerprint density at radius 1 is 0.234 bits per heavy atom. The van der Waals surface area contributed by atoms with Gasteiger partial charge in [-0.2, -0.15) is 0 Å². The lowest BCUT2D eigenvalue weighted by Crippen LogP contribution is -2.14. The van der Waals surface area contributed by atoms with Gasteiger partial charge in [0.25, 0.3) is 0 Å². The molecule has 2 heteroatoms. The second kappa shape index (κ2) is 16.9. The number of hydrogen-bond acceptors (Lipinski definition) is 2. The van der Waals surface area contributed by atoms with Crippen molar-refractivity contribution in [3.63, 3.8) is 0 Å². The average molecular weight is 825 g/mol. The molecular formula is C62H52N2. The van der Waals surface area contributed by atoms with Gasteiger partial charge in [0.2, 0.25) is 0 Å². The highest BCUT2D eigenvalue weighted by Crippen LogP contribution is 2.44. The maximum absolute atomic E-state index is 2.44. The average Bonchev–Trinajstić information content (AvgIpc) is 3.32. The van der Waals surface area contributed by atoms with Crippen LogP contribution in [0, 0.1) is 41.5 Å². The molecule has 0 bridgehead atoms. The van der Waals surface area contributed by atoms with Crippen molar-refractivity contribution in [2.24, 2.45) is 0 Å². The maximum Gasteiger partial charge on any atom is 0.0520 e. The van der Waals surface area contributed by atoms with Crippen LogP contribution in [-0.2, 0) is 0 Å². The molecule has 0 fully saturated rings. The van der Waals surface area contributed by atoms with E-state index in [1.54, 1.807) is 0 Å². The molecule has 0 spiro atoms. The summed E-state index contributed by atoms with van der Waals surface area (Å²) in [7, 11) is 0. The molecule has 0 amide bonds. The van der Waals surface area contributed by atoms with Gasteiger partial charge in [-0.05, 0) is 191 Å². The first-order chi connectivity index (χ1) is 31.2. The van der Waals surface area contributed by atoms with E-state index in [2.05, 4.69) is 258 Å². The van der Waals surface area contributed by atoms with Crippen LogP contribution < -0.4 is 9.80 Å². The first kappa shape index (κ1) is 40.4. The lowest BCUT2D eigenvalue weighted by atomic mass is 9.97. The summed E-state index contributed by atoms with van der Waals surface area (Å²) in [5.74, 6) is 0. The normalized spacial score (nSPS) is 11.3. The predicted molar refractivity (Wildman–Crippen MR) is 276 cm³/mol. The fourth-order valence-corrected chi connectivity index (χ4v) is 9.61. The summed E-state index contributed by atoms with van der Waals surface area (Å²) in [5.41, 5.74) is 21.7. The fourth-order valence-electron chi connectivity index (χ4n) is 9.61. The molecule has 10 aromatic carbocycles. The van der Waals surface area contributed by atoms with Crippen molar-refractivity contribution in [2.45, 2.75) is 41.5 Å². The first-order valence-corrected chi connectivity index (χ1v) is 22.3. The van der Waals surface area contributed by atoms with E-state index >= 15 is 0 Å². The van der Waals surface area contributed by atoms with Gasteiger partial charge in [-0.1, -0.05) is 146 Å². The van der Waals surface area contributed by atoms with Gasteiger partial charge in [0, 0.05) is 22.7 Å². The van der Waals surface area contributed by atoms with E-state index in [-0.39, 0.29) is 0 Å². The Morgan fingerprint density at radius 3 is 0.906 bits per heavy atom. The minimum absolute atomic E-state index is 1.13. The number of fused-ring (bicyclic) bond motifs is 2. The number of aryl methyl sites for hydroxylation is 6. The molecule has 10 aromatic rings. The zero-order valence-corrected chi connectivity index (χ0v) is 37.5. The lowest BCUT2D eigenvalue weighted by molar-refractivity contribution is 1.20. The minimum atomic E-state index is 1.13. The number of nitrogens with zero attached hydrogens (tertiary/aromatic N) is 2. The lowest BCUT2D eigenvalue weighted by Gasteiger charge is -2.31. The molecule has 0 saturated carbocycles. The number of hydrogen-bond donors (Lipinski definition) is 0. The molecule has 2 nitrogen and oxygen atoms in total. The number of para-hydroxylation sites is 2. The van der Waals surface area contributed by atoms with Crippen molar-refractivity contribution in [1.29, 1.82) is 0 Å². The van der Waals surface area contributed by atoms with Gasteiger partial charge in [-0.3, -0.25) is 0 Å². The topological polar surface area (TPSA) is 6.48 Å². The Hall–Kier alpha value is -7.68. The van der Waals surface area contributed by atoms with E-state index in [0.717, 1.165) is 11.4 Å². The van der Waals surface area contributed by atoms with Crippen LogP contribution in [0.3, 0.4) is 0 Å². The molecule has 310 valence electrons. The van der Waals surface area contributed by atoms with Gasteiger partial charge < -0.3 is 9.80 Å². The summed E-state index contributed by atoms with van der Waals surface area (Å²) < 4.78 is 0. The van der Waals surface area contributed by atoms with E-state index in [1.807, 2.05) is 0 Å². The van der Waals surface area contributed by atoms with Crippen LogP contribution in [0.4, 0.5) is 34.1 Å². The summed E-state index contributed by atoms with van der Waals surface area (Å²) in [6.45, 7) is 13.4. The van der Waals surface area contributed by atoms with Gasteiger partial charge in [0.15, 0.2) is 0 Å². The summed E-state index contributed by atoms with van der Waals surface area (Å²) in [6, 6.07) is 75.7. The molecule has 0 saturated heterocycles. The third kappa shape index (κ3) is 7.62. The van der Waals surface area contributed by atoms with Crippen LogP contribution in [0.2, 0.25) is 0 Å². The van der Waals surface area contributed by atoms with Crippen LogP contribution >= 0.6 is 0 Å². The number of rotatable bonds is 9. The van der Waals surface area contributed by atoms with E-state index in [1.165, 1.54) is 111 Å². The molecule has 0 aliphatic heterocycles. The van der Waals surface area contributed by atoms with E-state index in [4.69, 9.17) is 0 Å². The molecule has 0 atom stereocenters. The minimum Gasteiger partial charge on any atom is -0.310 e. The Balaban J connectivity index is 0.996. The van der Waals surface area contributed by atoms with Crippen LogP contribution in [0.1, 0.15) is 33.4 Å². The summed E-state index contributed by atoms with van der Waals surface area (Å²) in [5, 5.41) is 5.02. The van der Waals surface area contributed by atoms with Gasteiger partial charge in [-0.15, -0.1) is 0 Å². The van der Waals surface area contributed by atoms with Gasteiger partial charge >= 0.3 is 0 Å². The molecule has 0 unspecified atom stereocenters. The fraction of sp³-hybridized carbons (Fsp3) is 0.0968. The van der Waals surface area contributed by atoms with Crippen molar-refractivity contribution in [1.82, 2.24) is 0 Å². The molecule has 0 N–H and O–H groups in total. The third-order valence-corrected chi connectivity index (χ3v) is 13.0. The standard InChI is InChI=1S/C62H52N2/c1-41-13-11-14-42(2)61(41)63(57-31-25-49(26-32-57)55-23-21-47-17-7-9-19-51(47)39-55)59-35-29-53(37-45(59)5)54-30-36-60(46(6)38-54)64(62-43(3)15-12-16-44(62)4)58-33-27-50(28-34-58)56-24-22-48-18-8-10-20-52(48)40-56/h7-40H,1-6H3. The largest absolute Gasteiger partial charge is 0.310 e. The second-order valence-electron chi connectivity index (χ2n) is 17.4. The molecular weight excluding hydrogens is 773 g/mol. The predicted octanol–water partition coefficient (Wildman–Crippen LogP) is 17.8. The Kier molecular flexibility index (Phi) is 10.7. The smallest absolute Gasteiger partial charge is 0.0520 e. The van der Waals surface area contributed by atoms with E-state index < -0.39 is 0 Å². The van der Waals surface area contributed by atoms with E-state index in [9.17, 15) is 0 Å². The molecule has 10 rings (SSSR count). The van der Waals surface area contributed by atoms with E-state index in [0.29, 0.717) is 0 Å². The first-order valence-electron chi connectivity index (χ1n) is 22.3. The summed E-state index contributed by atoms with van der Waals surface area (Å²) in [6.07, 6.45) is 0. The number of anilines is 6. The van der Waals surface area contributed by atoms with Gasteiger partial charge in [-0.25, -0.2) is 0 Å². The maximum atomic E-state index is 2.44.